The molecule has 0 heterocycles. The highest BCUT2D eigenvalue weighted by Crippen LogP contribution is 2.54. The molecule has 0 radical (unpaired) electrons. The molecule has 2 nitrogen and oxygen atoms in total. The Bertz CT molecular complexity index is 502. The maximum atomic E-state index is 13.2. The summed E-state index contributed by atoms with van der Waals surface area (Å²) in [5.74, 6) is -0.354. The minimum atomic E-state index is -0.354. The van der Waals surface area contributed by atoms with Gasteiger partial charge in [-0.2, -0.15) is 0 Å². The van der Waals surface area contributed by atoms with Gasteiger partial charge in [0.1, 0.15) is 5.82 Å². The zero-order valence-corrected chi connectivity index (χ0v) is 13.3. The molecular weight excluding hydrogens is 289 g/mol. The van der Waals surface area contributed by atoms with Crippen molar-refractivity contribution in [2.75, 3.05) is 6.61 Å². The van der Waals surface area contributed by atoms with Crippen LogP contribution >= 0.6 is 11.6 Å². The smallest absolute Gasteiger partial charge is 0.141 e. The number of nitrogens with one attached hydrogen (secondary N) is 1. The molecule has 1 aromatic rings. The number of benzene rings is 1. The highest BCUT2D eigenvalue weighted by molar-refractivity contribution is 6.30. The second kappa shape index (κ2) is 6.23. The summed E-state index contributed by atoms with van der Waals surface area (Å²) in [5.41, 5.74) is 1.37. The normalized spacial score (nSPS) is 27.0. The third-order valence-electron chi connectivity index (χ3n) is 5.22. The molecule has 4 heteroatoms. The lowest BCUT2D eigenvalue weighted by atomic mass is 9.60. The van der Waals surface area contributed by atoms with Crippen LogP contribution in [0.4, 0.5) is 4.39 Å². The van der Waals surface area contributed by atoms with Crippen molar-refractivity contribution in [3.05, 3.63) is 34.6 Å². The van der Waals surface area contributed by atoms with Crippen LogP contribution in [0.1, 0.15) is 44.6 Å². The molecule has 1 spiro atoms. The van der Waals surface area contributed by atoms with Crippen molar-refractivity contribution in [3.8, 4) is 0 Å². The minimum Gasteiger partial charge on any atom is -0.378 e. The van der Waals surface area contributed by atoms with Gasteiger partial charge in [0.05, 0.1) is 11.1 Å². The largest absolute Gasteiger partial charge is 0.378 e. The van der Waals surface area contributed by atoms with E-state index in [1.54, 1.807) is 12.1 Å². The van der Waals surface area contributed by atoms with E-state index >= 15 is 0 Å². The van der Waals surface area contributed by atoms with E-state index in [1.165, 1.54) is 31.7 Å². The Balaban J connectivity index is 1.61. The predicted octanol–water partition coefficient (Wildman–Crippen LogP) is 4.31. The molecule has 21 heavy (non-hydrogen) atoms. The van der Waals surface area contributed by atoms with E-state index in [1.807, 2.05) is 0 Å². The summed E-state index contributed by atoms with van der Waals surface area (Å²) in [6.07, 6.45) is 6.65. The molecule has 2 atom stereocenters. The van der Waals surface area contributed by atoms with E-state index in [9.17, 15) is 4.39 Å². The second-order valence-electron chi connectivity index (χ2n) is 6.30. The van der Waals surface area contributed by atoms with Crippen LogP contribution in [0.5, 0.6) is 0 Å². The monoisotopic (exact) mass is 311 g/mol. The topological polar surface area (TPSA) is 21.3 Å². The van der Waals surface area contributed by atoms with Crippen LogP contribution in [0.3, 0.4) is 0 Å². The van der Waals surface area contributed by atoms with Gasteiger partial charge in [-0.15, -0.1) is 0 Å². The Labute approximate surface area is 131 Å². The van der Waals surface area contributed by atoms with Crippen molar-refractivity contribution >= 4 is 11.6 Å². The lowest BCUT2D eigenvalue weighted by Crippen LogP contribution is -2.62. The lowest BCUT2D eigenvalue weighted by Gasteiger charge is -2.54. The van der Waals surface area contributed by atoms with Gasteiger partial charge in [-0.05, 0) is 43.9 Å². The Morgan fingerprint density at radius 1 is 1.38 bits per heavy atom. The molecule has 0 aliphatic heterocycles. The van der Waals surface area contributed by atoms with Gasteiger partial charge in [-0.3, -0.25) is 0 Å². The Kier molecular flexibility index (Phi) is 4.53. The number of ether oxygens (including phenoxy) is 1. The van der Waals surface area contributed by atoms with Crippen molar-refractivity contribution in [2.24, 2.45) is 5.41 Å². The van der Waals surface area contributed by atoms with E-state index < -0.39 is 0 Å². The van der Waals surface area contributed by atoms with Gasteiger partial charge < -0.3 is 10.1 Å². The molecule has 116 valence electrons. The predicted molar refractivity (Wildman–Crippen MR) is 83.0 cm³/mol. The first-order chi connectivity index (χ1) is 10.2. The molecule has 2 aliphatic carbocycles. The van der Waals surface area contributed by atoms with Crippen LogP contribution in [0.25, 0.3) is 0 Å². The zero-order chi connectivity index (χ0) is 14.9. The van der Waals surface area contributed by atoms with Crippen molar-refractivity contribution in [3.63, 3.8) is 0 Å². The van der Waals surface area contributed by atoms with Gasteiger partial charge >= 0.3 is 0 Å². The minimum absolute atomic E-state index is 0.200. The van der Waals surface area contributed by atoms with Crippen LogP contribution in [0.2, 0.25) is 5.02 Å². The van der Waals surface area contributed by atoms with Crippen LogP contribution in [-0.4, -0.2) is 18.8 Å². The standard InChI is InChI=1S/C17H23ClFNO/c1-2-21-16-10-15(17(16)7-3-4-8-17)20-11-12-5-6-14(19)13(18)9-12/h5-6,9,15-16,20H,2-4,7-8,10-11H2,1H3. The summed E-state index contributed by atoms with van der Waals surface area (Å²) >= 11 is 5.84. The summed E-state index contributed by atoms with van der Waals surface area (Å²) in [6.45, 7) is 3.61. The van der Waals surface area contributed by atoms with Crippen LogP contribution in [0.15, 0.2) is 18.2 Å². The highest BCUT2D eigenvalue weighted by atomic mass is 35.5. The Hall–Kier alpha value is -0.640. The van der Waals surface area contributed by atoms with Crippen LogP contribution in [0, 0.1) is 11.2 Å². The van der Waals surface area contributed by atoms with Crippen molar-refractivity contribution in [2.45, 2.75) is 57.7 Å². The fraction of sp³-hybridized carbons (Fsp3) is 0.647. The fourth-order valence-electron chi connectivity index (χ4n) is 4.06. The molecule has 0 aromatic heterocycles. The molecule has 2 saturated carbocycles. The number of hydrogen-bond donors (Lipinski definition) is 1. The second-order valence-corrected chi connectivity index (χ2v) is 6.71. The molecular formula is C17H23ClFNO. The van der Waals surface area contributed by atoms with Gasteiger partial charge in [-0.25, -0.2) is 4.39 Å². The molecule has 0 bridgehead atoms. The maximum Gasteiger partial charge on any atom is 0.141 e. The third-order valence-corrected chi connectivity index (χ3v) is 5.51. The van der Waals surface area contributed by atoms with E-state index in [-0.39, 0.29) is 10.8 Å². The van der Waals surface area contributed by atoms with E-state index in [0.29, 0.717) is 17.6 Å². The lowest BCUT2D eigenvalue weighted by molar-refractivity contribution is -0.130. The first-order valence-corrected chi connectivity index (χ1v) is 8.32. The summed E-state index contributed by atoms with van der Waals surface area (Å²) in [5, 5.41) is 3.84. The molecule has 2 fully saturated rings. The summed E-state index contributed by atoms with van der Waals surface area (Å²) in [4.78, 5) is 0. The zero-order valence-electron chi connectivity index (χ0n) is 12.5. The van der Waals surface area contributed by atoms with Gasteiger partial charge in [0.2, 0.25) is 0 Å². The summed E-state index contributed by atoms with van der Waals surface area (Å²) in [7, 11) is 0. The van der Waals surface area contributed by atoms with Crippen molar-refractivity contribution in [1.29, 1.82) is 0 Å². The van der Waals surface area contributed by atoms with E-state index in [0.717, 1.165) is 25.1 Å². The van der Waals surface area contributed by atoms with Gasteiger partial charge in [0.15, 0.2) is 0 Å². The molecule has 3 rings (SSSR count). The Morgan fingerprint density at radius 2 is 2.14 bits per heavy atom. The van der Waals surface area contributed by atoms with Gasteiger partial charge in [0.25, 0.3) is 0 Å². The van der Waals surface area contributed by atoms with Crippen LogP contribution < -0.4 is 5.32 Å². The number of halogens is 2. The molecule has 2 aliphatic rings. The first kappa shape index (κ1) is 15.3. The maximum absolute atomic E-state index is 13.2. The van der Waals surface area contributed by atoms with Crippen molar-refractivity contribution in [1.82, 2.24) is 5.32 Å². The fourth-order valence-corrected chi connectivity index (χ4v) is 4.27. The summed E-state index contributed by atoms with van der Waals surface area (Å²) < 4.78 is 19.1. The van der Waals surface area contributed by atoms with Crippen LogP contribution in [-0.2, 0) is 11.3 Å². The molecule has 2 unspecified atom stereocenters. The number of hydrogen-bond acceptors (Lipinski definition) is 2. The SMILES string of the molecule is CCOC1CC(NCc2ccc(F)c(Cl)c2)C12CCCC2. The van der Waals surface area contributed by atoms with E-state index in [2.05, 4.69) is 12.2 Å². The van der Waals surface area contributed by atoms with Gasteiger partial charge in [0, 0.05) is 24.6 Å². The molecule has 0 saturated heterocycles. The molecule has 1 N–H and O–H groups in total. The van der Waals surface area contributed by atoms with E-state index in [4.69, 9.17) is 16.3 Å². The average Bonchev–Trinajstić information content (AvgIpc) is 2.98. The van der Waals surface area contributed by atoms with Crippen molar-refractivity contribution < 1.29 is 9.13 Å². The first-order valence-electron chi connectivity index (χ1n) is 7.94. The molecule has 1 aromatic carbocycles. The number of rotatable bonds is 5. The average molecular weight is 312 g/mol. The quantitative estimate of drug-likeness (QED) is 0.875. The van der Waals surface area contributed by atoms with Gasteiger partial charge in [-0.1, -0.05) is 30.5 Å². The molecule has 0 amide bonds. The highest BCUT2D eigenvalue weighted by Gasteiger charge is 2.56. The summed E-state index contributed by atoms with van der Waals surface area (Å²) in [6, 6.07) is 5.47. The Morgan fingerprint density at radius 3 is 2.81 bits per heavy atom. The third kappa shape index (κ3) is 2.84.